The van der Waals surface area contributed by atoms with Crippen molar-refractivity contribution in [3.8, 4) is 11.1 Å². The smallest absolute Gasteiger partial charge is 0.228 e. The highest BCUT2D eigenvalue weighted by molar-refractivity contribution is 6.37. The Morgan fingerprint density at radius 3 is 2.67 bits per heavy atom. The molecular formula is C23H28BN5O. The molecule has 1 aromatic carbocycles. The Bertz CT molecular complexity index is 1050. The Morgan fingerprint density at radius 2 is 2.00 bits per heavy atom. The molecule has 0 unspecified atom stereocenters. The van der Waals surface area contributed by atoms with Gasteiger partial charge in [0, 0.05) is 31.3 Å². The monoisotopic (exact) mass is 401 g/mol. The van der Waals surface area contributed by atoms with Gasteiger partial charge in [-0.25, -0.2) is 4.98 Å². The zero-order valence-electron chi connectivity index (χ0n) is 17.9. The number of aryl methyl sites for hydroxylation is 1. The highest BCUT2D eigenvalue weighted by Crippen LogP contribution is 2.25. The van der Waals surface area contributed by atoms with E-state index in [1.807, 2.05) is 37.6 Å². The summed E-state index contributed by atoms with van der Waals surface area (Å²) >= 11 is 0. The fourth-order valence-corrected chi connectivity index (χ4v) is 4.22. The van der Waals surface area contributed by atoms with Gasteiger partial charge in [0.25, 0.3) is 0 Å². The first-order chi connectivity index (χ1) is 14.4. The third kappa shape index (κ3) is 4.56. The van der Waals surface area contributed by atoms with E-state index in [1.165, 1.54) is 0 Å². The molecule has 1 fully saturated rings. The molecule has 6 nitrogen and oxygen atoms in total. The van der Waals surface area contributed by atoms with Gasteiger partial charge in [-0.05, 0) is 65.9 Å². The standard InChI is InChI=1S/C23H28BN5O/c1-15(2)13-29-8-6-16(7-9-29)23(30)27-21-11-18-10-17(19-12-25-28(3)14-19)4-5-20(18)22(24)26-21/h4-5,10-12,14-16H,6-9,13H2,1-3H3,(H,26,27,30). The van der Waals surface area contributed by atoms with Crippen molar-refractivity contribution in [3.63, 3.8) is 0 Å². The van der Waals surface area contributed by atoms with Crippen molar-refractivity contribution in [3.05, 3.63) is 36.7 Å². The molecule has 30 heavy (non-hydrogen) atoms. The van der Waals surface area contributed by atoms with Crippen LogP contribution in [0.25, 0.3) is 21.9 Å². The van der Waals surface area contributed by atoms with Crippen LogP contribution < -0.4 is 10.9 Å². The van der Waals surface area contributed by atoms with Crippen molar-refractivity contribution in [2.45, 2.75) is 26.7 Å². The lowest BCUT2D eigenvalue weighted by atomic mass is 9.94. The highest BCUT2D eigenvalue weighted by atomic mass is 16.1. The second-order valence-corrected chi connectivity index (χ2v) is 8.69. The number of carbonyl (C=O) groups is 1. The molecule has 0 saturated carbocycles. The summed E-state index contributed by atoms with van der Waals surface area (Å²) in [6, 6.07) is 7.94. The number of nitrogens with zero attached hydrogens (tertiary/aromatic N) is 4. The van der Waals surface area contributed by atoms with Gasteiger partial charge in [-0.2, -0.15) is 5.10 Å². The number of fused-ring (bicyclic) bond motifs is 1. The normalized spacial score (nSPS) is 15.7. The first kappa shape index (κ1) is 20.6. The van der Waals surface area contributed by atoms with Gasteiger partial charge in [-0.1, -0.05) is 26.0 Å². The Morgan fingerprint density at radius 1 is 1.23 bits per heavy atom. The minimum absolute atomic E-state index is 0.0221. The Hall–Kier alpha value is -2.67. The van der Waals surface area contributed by atoms with Crippen molar-refractivity contribution in [1.82, 2.24) is 19.7 Å². The lowest BCUT2D eigenvalue weighted by Gasteiger charge is -2.32. The van der Waals surface area contributed by atoms with Gasteiger partial charge in [-0.15, -0.1) is 0 Å². The van der Waals surface area contributed by atoms with Crippen LogP contribution >= 0.6 is 0 Å². The van der Waals surface area contributed by atoms with Crippen LogP contribution in [0.2, 0.25) is 0 Å². The number of carbonyl (C=O) groups excluding carboxylic acids is 1. The predicted octanol–water partition coefficient (Wildman–Crippen LogP) is 2.74. The van der Waals surface area contributed by atoms with E-state index in [4.69, 9.17) is 7.85 Å². The molecule has 7 heteroatoms. The molecule has 3 heterocycles. The summed E-state index contributed by atoms with van der Waals surface area (Å²) in [5.41, 5.74) is 2.51. The molecule has 1 amide bonds. The number of hydrogen-bond acceptors (Lipinski definition) is 4. The molecule has 0 bridgehead atoms. The van der Waals surface area contributed by atoms with Crippen LogP contribution in [-0.4, -0.2) is 53.1 Å². The number of piperidine rings is 1. The molecule has 4 rings (SSSR count). The second-order valence-electron chi connectivity index (χ2n) is 8.69. The molecule has 0 aliphatic carbocycles. The fourth-order valence-electron chi connectivity index (χ4n) is 4.22. The Kier molecular flexibility index (Phi) is 5.91. The van der Waals surface area contributed by atoms with Crippen LogP contribution in [0.15, 0.2) is 36.7 Å². The van der Waals surface area contributed by atoms with Gasteiger partial charge >= 0.3 is 0 Å². The number of likely N-dealkylation sites (tertiary alicyclic amines) is 1. The quantitative estimate of drug-likeness (QED) is 0.668. The minimum atomic E-state index is 0.0221. The van der Waals surface area contributed by atoms with Gasteiger partial charge in [-0.3, -0.25) is 9.48 Å². The summed E-state index contributed by atoms with van der Waals surface area (Å²) in [7, 11) is 8.08. The lowest BCUT2D eigenvalue weighted by Crippen LogP contribution is -2.39. The van der Waals surface area contributed by atoms with Gasteiger partial charge in [0.1, 0.15) is 13.7 Å². The van der Waals surface area contributed by atoms with Crippen molar-refractivity contribution in [2.24, 2.45) is 18.9 Å². The number of benzene rings is 1. The first-order valence-electron chi connectivity index (χ1n) is 10.6. The molecule has 1 aliphatic rings. The summed E-state index contributed by atoms with van der Waals surface area (Å²) in [6.45, 7) is 7.50. The van der Waals surface area contributed by atoms with Crippen LogP contribution in [0.1, 0.15) is 26.7 Å². The number of hydrogen-bond donors (Lipinski definition) is 1. The van der Waals surface area contributed by atoms with Crippen molar-refractivity contribution < 1.29 is 4.79 Å². The predicted molar refractivity (Wildman–Crippen MR) is 122 cm³/mol. The SMILES string of the molecule is [B]c1nc(NC(=O)C2CCN(CC(C)C)CC2)cc2cc(-c3cnn(C)c3)ccc12. The number of nitrogens with one attached hydrogen (secondary N) is 1. The summed E-state index contributed by atoms with van der Waals surface area (Å²) in [5.74, 6) is 1.22. The molecule has 0 atom stereocenters. The molecule has 1 N–H and O–H groups in total. The van der Waals surface area contributed by atoms with Crippen molar-refractivity contribution in [2.75, 3.05) is 25.0 Å². The number of aromatic nitrogens is 3. The molecule has 1 saturated heterocycles. The van der Waals surface area contributed by atoms with Gasteiger partial charge in [0.15, 0.2) is 0 Å². The number of anilines is 1. The molecule has 0 spiro atoms. The first-order valence-corrected chi connectivity index (χ1v) is 10.6. The number of rotatable bonds is 5. The maximum absolute atomic E-state index is 12.8. The van der Waals surface area contributed by atoms with Crippen LogP contribution in [0.5, 0.6) is 0 Å². The number of amides is 1. The Labute approximate surface area is 179 Å². The third-order valence-corrected chi connectivity index (χ3v) is 5.73. The van der Waals surface area contributed by atoms with E-state index >= 15 is 0 Å². The zero-order chi connectivity index (χ0) is 21.3. The molecule has 154 valence electrons. The second kappa shape index (κ2) is 8.60. The molecule has 2 radical (unpaired) electrons. The Balaban J connectivity index is 1.49. The minimum Gasteiger partial charge on any atom is -0.310 e. The van der Waals surface area contributed by atoms with E-state index in [0.29, 0.717) is 17.3 Å². The van der Waals surface area contributed by atoms with E-state index in [1.54, 1.807) is 4.68 Å². The lowest BCUT2D eigenvalue weighted by molar-refractivity contribution is -0.121. The average Bonchev–Trinajstić information content (AvgIpc) is 3.14. The maximum atomic E-state index is 12.8. The molecular weight excluding hydrogens is 373 g/mol. The van der Waals surface area contributed by atoms with E-state index in [2.05, 4.69) is 40.2 Å². The van der Waals surface area contributed by atoms with Crippen molar-refractivity contribution >= 4 is 35.9 Å². The molecule has 3 aromatic rings. The average molecular weight is 401 g/mol. The summed E-state index contributed by atoms with van der Waals surface area (Å²) in [5, 5.41) is 9.07. The maximum Gasteiger partial charge on any atom is 0.228 e. The summed E-state index contributed by atoms with van der Waals surface area (Å²) in [4.78, 5) is 19.7. The van der Waals surface area contributed by atoms with Gasteiger partial charge in [0.05, 0.1) is 6.20 Å². The van der Waals surface area contributed by atoms with E-state index < -0.39 is 0 Å². The highest BCUT2D eigenvalue weighted by Gasteiger charge is 2.25. The van der Waals surface area contributed by atoms with E-state index in [0.717, 1.165) is 54.4 Å². The summed E-state index contributed by atoms with van der Waals surface area (Å²) in [6.07, 6.45) is 5.57. The largest absolute Gasteiger partial charge is 0.310 e. The zero-order valence-corrected chi connectivity index (χ0v) is 17.9. The number of pyridine rings is 1. The molecule has 2 aromatic heterocycles. The fraction of sp³-hybridized carbons (Fsp3) is 0.435. The third-order valence-electron chi connectivity index (χ3n) is 5.73. The van der Waals surface area contributed by atoms with E-state index in [-0.39, 0.29) is 11.8 Å². The van der Waals surface area contributed by atoms with Gasteiger partial charge < -0.3 is 10.2 Å². The van der Waals surface area contributed by atoms with E-state index in [9.17, 15) is 4.79 Å². The van der Waals surface area contributed by atoms with Crippen LogP contribution in [0.3, 0.4) is 0 Å². The van der Waals surface area contributed by atoms with Gasteiger partial charge in [0.2, 0.25) is 5.91 Å². The topological polar surface area (TPSA) is 63.1 Å². The molecule has 1 aliphatic heterocycles. The van der Waals surface area contributed by atoms with Crippen LogP contribution in [0, 0.1) is 11.8 Å². The van der Waals surface area contributed by atoms with Crippen molar-refractivity contribution in [1.29, 1.82) is 0 Å². The summed E-state index contributed by atoms with van der Waals surface area (Å²) < 4.78 is 1.78. The van der Waals surface area contributed by atoms with Crippen LogP contribution in [0.4, 0.5) is 5.82 Å². The van der Waals surface area contributed by atoms with Crippen LogP contribution in [-0.2, 0) is 11.8 Å².